The third-order valence-electron chi connectivity index (χ3n) is 2.82. The molecule has 0 radical (unpaired) electrons. The van der Waals surface area contributed by atoms with Gasteiger partial charge in [0, 0.05) is 5.92 Å². The van der Waals surface area contributed by atoms with Crippen molar-refractivity contribution >= 4 is 5.84 Å². The smallest absolute Gasteiger partial charge is 0.248 e. The van der Waals surface area contributed by atoms with Crippen molar-refractivity contribution in [2.75, 3.05) is 19.6 Å². The van der Waals surface area contributed by atoms with Crippen molar-refractivity contribution in [3.05, 3.63) is 0 Å². The summed E-state index contributed by atoms with van der Waals surface area (Å²) < 4.78 is 25.9. The second kappa shape index (κ2) is 4.74. The Labute approximate surface area is 87.7 Å². The summed E-state index contributed by atoms with van der Waals surface area (Å²) in [5.41, 5.74) is 5.33. The topological polar surface area (TPSA) is 61.8 Å². The number of nitrogens with zero attached hydrogens (tertiary/aromatic N) is 2. The van der Waals surface area contributed by atoms with Crippen molar-refractivity contribution in [1.29, 1.82) is 0 Å². The van der Waals surface area contributed by atoms with E-state index in [1.54, 1.807) is 0 Å². The molecule has 1 saturated heterocycles. The van der Waals surface area contributed by atoms with Crippen molar-refractivity contribution in [3.63, 3.8) is 0 Å². The summed E-state index contributed by atoms with van der Waals surface area (Å²) in [6.45, 7) is 2.46. The van der Waals surface area contributed by atoms with Crippen molar-refractivity contribution in [2.45, 2.75) is 25.7 Å². The van der Waals surface area contributed by atoms with Crippen LogP contribution in [0.5, 0.6) is 0 Å². The molecular weight excluding hydrogens is 204 g/mol. The van der Waals surface area contributed by atoms with Crippen LogP contribution in [0, 0.1) is 5.92 Å². The molecule has 1 aliphatic rings. The van der Waals surface area contributed by atoms with Crippen LogP contribution in [-0.4, -0.2) is 41.5 Å². The molecule has 1 heterocycles. The van der Waals surface area contributed by atoms with Crippen LogP contribution >= 0.6 is 0 Å². The molecule has 15 heavy (non-hydrogen) atoms. The highest BCUT2D eigenvalue weighted by Gasteiger charge is 2.36. The monoisotopic (exact) mass is 221 g/mol. The molecule has 4 nitrogen and oxygen atoms in total. The molecule has 0 aromatic rings. The minimum absolute atomic E-state index is 0.122. The first-order valence-electron chi connectivity index (χ1n) is 5.00. The zero-order valence-corrected chi connectivity index (χ0v) is 8.79. The third kappa shape index (κ3) is 3.62. The average Bonchev–Trinajstić information content (AvgIpc) is 2.17. The molecule has 6 heteroatoms. The molecule has 0 amide bonds. The van der Waals surface area contributed by atoms with Crippen molar-refractivity contribution < 1.29 is 14.0 Å². The highest BCUT2D eigenvalue weighted by atomic mass is 19.3. The maximum absolute atomic E-state index is 13.0. The van der Waals surface area contributed by atoms with Gasteiger partial charge in [-0.1, -0.05) is 5.16 Å². The third-order valence-corrected chi connectivity index (χ3v) is 2.82. The van der Waals surface area contributed by atoms with Crippen LogP contribution in [-0.2, 0) is 0 Å². The molecule has 3 N–H and O–H groups in total. The fourth-order valence-corrected chi connectivity index (χ4v) is 1.86. The number of oxime groups is 1. The standard InChI is InChI=1S/C9H17F2N3O/c1-9(10,11)7-2-4-14(5-3-7)6-8(12)13-15/h7,15H,2-6H2,1H3,(H2,12,13). The average molecular weight is 221 g/mol. The molecule has 0 bridgehead atoms. The number of piperidine rings is 1. The van der Waals surface area contributed by atoms with Gasteiger partial charge in [-0.15, -0.1) is 0 Å². The molecule has 1 aliphatic heterocycles. The van der Waals surface area contributed by atoms with Gasteiger partial charge in [-0.05, 0) is 32.9 Å². The number of halogens is 2. The van der Waals surface area contributed by atoms with Crippen LogP contribution in [0.25, 0.3) is 0 Å². The molecule has 1 fully saturated rings. The van der Waals surface area contributed by atoms with Crippen LogP contribution in [0.1, 0.15) is 19.8 Å². The van der Waals surface area contributed by atoms with Gasteiger partial charge in [0.2, 0.25) is 5.92 Å². The van der Waals surface area contributed by atoms with Crippen LogP contribution in [0.3, 0.4) is 0 Å². The highest BCUT2D eigenvalue weighted by molar-refractivity contribution is 5.81. The minimum atomic E-state index is -2.59. The number of rotatable bonds is 3. The molecule has 0 spiro atoms. The Kier molecular flexibility index (Phi) is 3.84. The SMILES string of the molecule is CC(F)(F)C1CCN(C/C(N)=N/O)CC1. The zero-order chi connectivity index (χ0) is 11.5. The predicted octanol–water partition coefficient (Wildman–Crippen LogP) is 1.10. The fraction of sp³-hybridized carbons (Fsp3) is 0.889. The molecule has 0 atom stereocenters. The van der Waals surface area contributed by atoms with Gasteiger partial charge in [0.15, 0.2) is 5.84 Å². The zero-order valence-electron chi connectivity index (χ0n) is 8.79. The largest absolute Gasteiger partial charge is 0.409 e. The van der Waals surface area contributed by atoms with E-state index in [0.29, 0.717) is 32.5 Å². The van der Waals surface area contributed by atoms with Gasteiger partial charge >= 0.3 is 0 Å². The summed E-state index contributed by atoms with van der Waals surface area (Å²) in [4.78, 5) is 1.91. The van der Waals surface area contributed by atoms with Gasteiger partial charge in [-0.3, -0.25) is 4.90 Å². The lowest BCUT2D eigenvalue weighted by Gasteiger charge is -2.34. The number of likely N-dealkylation sites (tertiary alicyclic amines) is 1. The Morgan fingerprint density at radius 3 is 2.47 bits per heavy atom. The summed E-state index contributed by atoms with van der Waals surface area (Å²) in [5, 5.41) is 11.2. The van der Waals surface area contributed by atoms with Crippen LogP contribution in [0.2, 0.25) is 0 Å². The second-order valence-corrected chi connectivity index (χ2v) is 4.10. The van der Waals surface area contributed by atoms with Crippen LogP contribution in [0.4, 0.5) is 8.78 Å². The Morgan fingerprint density at radius 2 is 2.07 bits per heavy atom. The van der Waals surface area contributed by atoms with Gasteiger partial charge in [0.1, 0.15) is 0 Å². The van der Waals surface area contributed by atoms with E-state index in [0.717, 1.165) is 6.92 Å². The van der Waals surface area contributed by atoms with E-state index in [1.165, 1.54) is 0 Å². The molecule has 0 saturated carbocycles. The predicted molar refractivity (Wildman–Crippen MR) is 53.2 cm³/mol. The van der Waals surface area contributed by atoms with E-state index in [4.69, 9.17) is 10.9 Å². The number of hydrogen-bond donors (Lipinski definition) is 2. The van der Waals surface area contributed by atoms with E-state index in [-0.39, 0.29) is 5.84 Å². The number of alkyl halides is 2. The highest BCUT2D eigenvalue weighted by Crippen LogP contribution is 2.32. The molecule has 0 aliphatic carbocycles. The molecule has 88 valence electrons. The lowest BCUT2D eigenvalue weighted by Crippen LogP contribution is -2.43. The van der Waals surface area contributed by atoms with E-state index >= 15 is 0 Å². The van der Waals surface area contributed by atoms with E-state index in [2.05, 4.69) is 5.16 Å². The second-order valence-electron chi connectivity index (χ2n) is 4.10. The van der Waals surface area contributed by atoms with Crippen molar-refractivity contribution in [1.82, 2.24) is 4.90 Å². The molecule has 1 rings (SSSR count). The lowest BCUT2D eigenvalue weighted by atomic mass is 9.91. The first-order valence-corrected chi connectivity index (χ1v) is 5.00. The number of nitrogens with two attached hydrogens (primary N) is 1. The van der Waals surface area contributed by atoms with Gasteiger partial charge < -0.3 is 10.9 Å². The molecule has 0 unspecified atom stereocenters. The van der Waals surface area contributed by atoms with E-state index in [9.17, 15) is 8.78 Å². The van der Waals surface area contributed by atoms with Crippen LogP contribution < -0.4 is 5.73 Å². The Morgan fingerprint density at radius 1 is 1.53 bits per heavy atom. The number of hydrogen-bond acceptors (Lipinski definition) is 3. The summed E-state index contributed by atoms with van der Waals surface area (Å²) in [5.74, 6) is -3.01. The Balaban J connectivity index is 2.36. The van der Waals surface area contributed by atoms with E-state index < -0.39 is 11.8 Å². The summed E-state index contributed by atoms with van der Waals surface area (Å²) in [7, 11) is 0. The molecule has 0 aromatic heterocycles. The first-order chi connectivity index (χ1) is 6.93. The summed E-state index contributed by atoms with van der Waals surface area (Å²) in [6, 6.07) is 0. The maximum Gasteiger partial charge on any atom is 0.248 e. The van der Waals surface area contributed by atoms with Crippen molar-refractivity contribution in [2.24, 2.45) is 16.8 Å². The van der Waals surface area contributed by atoms with Crippen LogP contribution in [0.15, 0.2) is 5.16 Å². The molecular formula is C9H17F2N3O. The van der Waals surface area contributed by atoms with Crippen molar-refractivity contribution in [3.8, 4) is 0 Å². The van der Waals surface area contributed by atoms with Gasteiger partial charge in [0.25, 0.3) is 0 Å². The van der Waals surface area contributed by atoms with E-state index in [1.807, 2.05) is 4.90 Å². The Bertz CT molecular complexity index is 232. The summed E-state index contributed by atoms with van der Waals surface area (Å²) >= 11 is 0. The lowest BCUT2D eigenvalue weighted by molar-refractivity contribution is -0.0607. The van der Waals surface area contributed by atoms with Gasteiger partial charge in [0.05, 0.1) is 6.54 Å². The summed E-state index contributed by atoms with van der Waals surface area (Å²) in [6.07, 6.45) is 0.921. The minimum Gasteiger partial charge on any atom is -0.409 e. The van der Waals surface area contributed by atoms with Gasteiger partial charge in [-0.25, -0.2) is 8.78 Å². The molecule has 0 aromatic carbocycles. The number of amidine groups is 1. The Hall–Kier alpha value is -0.910. The normalized spacial score (nSPS) is 21.9. The van der Waals surface area contributed by atoms with Gasteiger partial charge in [-0.2, -0.15) is 0 Å². The quantitative estimate of drug-likeness (QED) is 0.325. The maximum atomic E-state index is 13.0. The first kappa shape index (κ1) is 12.2. The fourth-order valence-electron chi connectivity index (χ4n) is 1.86.